The van der Waals surface area contributed by atoms with Crippen molar-refractivity contribution in [2.24, 2.45) is 0 Å². The Morgan fingerprint density at radius 2 is 2.31 bits per heavy atom. The quantitative estimate of drug-likeness (QED) is 0.724. The van der Waals surface area contributed by atoms with Crippen LogP contribution >= 0.6 is 0 Å². The zero-order valence-corrected chi connectivity index (χ0v) is 9.56. The number of carbonyl (C=O) groups excluding carboxylic acids is 1. The van der Waals surface area contributed by atoms with Crippen LogP contribution in [0.4, 0.5) is 0 Å². The van der Waals surface area contributed by atoms with E-state index in [4.69, 9.17) is 4.74 Å². The van der Waals surface area contributed by atoms with Crippen LogP contribution in [0.15, 0.2) is 12.4 Å². The minimum atomic E-state index is -0.529. The Labute approximate surface area is 94.0 Å². The van der Waals surface area contributed by atoms with Gasteiger partial charge in [0.1, 0.15) is 6.10 Å². The molecule has 1 heterocycles. The molecular formula is C10H15N3O3. The van der Waals surface area contributed by atoms with E-state index >= 15 is 0 Å². The van der Waals surface area contributed by atoms with Gasteiger partial charge in [0.05, 0.1) is 19.5 Å². The number of hydrogen-bond donors (Lipinski definition) is 1. The van der Waals surface area contributed by atoms with Crippen LogP contribution in [-0.4, -0.2) is 42.7 Å². The highest BCUT2D eigenvalue weighted by Gasteiger charge is 2.10. The molecule has 0 saturated heterocycles. The maximum absolute atomic E-state index is 11.2. The molecule has 0 amide bonds. The molecule has 0 aromatic carbocycles. The Kier molecular flexibility index (Phi) is 4.65. The summed E-state index contributed by atoms with van der Waals surface area (Å²) in [7, 11) is 3.12. The number of methoxy groups -OCH3 is 1. The molecule has 0 aliphatic rings. The number of aromatic nitrogens is 2. The highest BCUT2D eigenvalue weighted by molar-refractivity contribution is 5.86. The van der Waals surface area contributed by atoms with Crippen molar-refractivity contribution in [1.82, 2.24) is 15.3 Å². The number of esters is 1. The molecule has 1 unspecified atom stereocenters. The highest BCUT2D eigenvalue weighted by Crippen LogP contribution is 2.07. The summed E-state index contributed by atoms with van der Waals surface area (Å²) in [6.07, 6.45) is 2.74. The Hall–Kier alpha value is -1.69. The predicted octanol–water partition coefficient (Wildman–Crippen LogP) is 0.250. The van der Waals surface area contributed by atoms with Gasteiger partial charge in [-0.25, -0.2) is 9.78 Å². The summed E-state index contributed by atoms with van der Waals surface area (Å²) < 4.78 is 9.98. The van der Waals surface area contributed by atoms with Crippen LogP contribution in [-0.2, 0) is 4.74 Å². The summed E-state index contributed by atoms with van der Waals surface area (Å²) in [5, 5.41) is 2.97. The largest absolute Gasteiger partial charge is 0.472 e. The number of carbonyl (C=O) groups is 1. The summed E-state index contributed by atoms with van der Waals surface area (Å²) in [5.74, 6) is -0.218. The Bertz CT molecular complexity index is 357. The van der Waals surface area contributed by atoms with Gasteiger partial charge in [-0.1, -0.05) is 0 Å². The lowest BCUT2D eigenvalue weighted by Gasteiger charge is -2.12. The smallest absolute Gasteiger partial charge is 0.358 e. The van der Waals surface area contributed by atoms with Crippen molar-refractivity contribution in [3.8, 4) is 5.88 Å². The van der Waals surface area contributed by atoms with E-state index in [1.807, 2.05) is 14.0 Å². The molecule has 0 saturated carbocycles. The number of rotatable bonds is 5. The molecule has 1 rings (SSSR count). The molecule has 6 nitrogen and oxygen atoms in total. The zero-order valence-electron chi connectivity index (χ0n) is 9.56. The standard InChI is InChI=1S/C10H15N3O3/c1-7(4-11-2)16-9-6-12-5-8(13-9)10(14)15-3/h5-7,11H,4H2,1-3H3. The topological polar surface area (TPSA) is 73.3 Å². The van der Waals surface area contributed by atoms with Gasteiger partial charge in [0.15, 0.2) is 5.69 Å². The minimum absolute atomic E-state index is 0.0489. The van der Waals surface area contributed by atoms with Crippen molar-refractivity contribution in [2.75, 3.05) is 20.7 Å². The number of hydrogen-bond acceptors (Lipinski definition) is 6. The average molecular weight is 225 g/mol. The van der Waals surface area contributed by atoms with Crippen molar-refractivity contribution in [3.63, 3.8) is 0 Å². The van der Waals surface area contributed by atoms with Crippen LogP contribution < -0.4 is 10.1 Å². The van der Waals surface area contributed by atoms with Crippen molar-refractivity contribution < 1.29 is 14.3 Å². The Morgan fingerprint density at radius 3 is 2.94 bits per heavy atom. The van der Waals surface area contributed by atoms with Gasteiger partial charge in [-0.3, -0.25) is 4.98 Å². The molecule has 0 aliphatic carbocycles. The van der Waals surface area contributed by atoms with E-state index in [0.717, 1.165) is 0 Å². The molecule has 0 fully saturated rings. The molecule has 16 heavy (non-hydrogen) atoms. The van der Waals surface area contributed by atoms with E-state index in [9.17, 15) is 4.79 Å². The lowest BCUT2D eigenvalue weighted by atomic mass is 10.4. The van der Waals surface area contributed by atoms with Gasteiger partial charge in [0.2, 0.25) is 5.88 Å². The van der Waals surface area contributed by atoms with Gasteiger partial charge >= 0.3 is 5.97 Å². The van der Waals surface area contributed by atoms with Gasteiger partial charge in [-0.05, 0) is 14.0 Å². The fraction of sp³-hybridized carbons (Fsp3) is 0.500. The number of ether oxygens (including phenoxy) is 2. The average Bonchev–Trinajstić information content (AvgIpc) is 2.28. The molecule has 88 valence electrons. The first-order valence-corrected chi connectivity index (χ1v) is 4.89. The second kappa shape index (κ2) is 6.02. The van der Waals surface area contributed by atoms with E-state index in [0.29, 0.717) is 12.4 Å². The summed E-state index contributed by atoms with van der Waals surface area (Å²) >= 11 is 0. The third-order valence-electron chi connectivity index (χ3n) is 1.82. The van der Waals surface area contributed by atoms with E-state index in [2.05, 4.69) is 20.0 Å². The summed E-state index contributed by atoms with van der Waals surface area (Å²) in [6.45, 7) is 2.58. The molecular weight excluding hydrogens is 210 g/mol. The predicted molar refractivity (Wildman–Crippen MR) is 57.4 cm³/mol. The first kappa shape index (κ1) is 12.4. The van der Waals surface area contributed by atoms with Crippen LogP contribution in [0.25, 0.3) is 0 Å². The van der Waals surface area contributed by atoms with E-state index < -0.39 is 5.97 Å². The second-order valence-corrected chi connectivity index (χ2v) is 3.22. The van der Waals surface area contributed by atoms with Crippen LogP contribution in [0.3, 0.4) is 0 Å². The molecule has 0 radical (unpaired) electrons. The highest BCUT2D eigenvalue weighted by atomic mass is 16.5. The molecule has 0 bridgehead atoms. The van der Waals surface area contributed by atoms with Gasteiger partial charge in [-0.15, -0.1) is 0 Å². The van der Waals surface area contributed by atoms with Gasteiger partial charge in [-0.2, -0.15) is 0 Å². The molecule has 1 aromatic rings. The zero-order chi connectivity index (χ0) is 12.0. The first-order valence-electron chi connectivity index (χ1n) is 4.89. The van der Waals surface area contributed by atoms with E-state index in [-0.39, 0.29) is 11.8 Å². The monoisotopic (exact) mass is 225 g/mol. The summed E-state index contributed by atoms with van der Waals surface area (Å²) in [6, 6.07) is 0. The number of likely N-dealkylation sites (N-methyl/N-ethyl adjacent to an activating group) is 1. The molecule has 0 aliphatic heterocycles. The Morgan fingerprint density at radius 1 is 1.56 bits per heavy atom. The Balaban J connectivity index is 2.70. The van der Waals surface area contributed by atoms with Crippen molar-refractivity contribution >= 4 is 5.97 Å². The van der Waals surface area contributed by atoms with E-state index in [1.54, 1.807) is 0 Å². The molecule has 1 atom stereocenters. The van der Waals surface area contributed by atoms with Crippen molar-refractivity contribution in [2.45, 2.75) is 13.0 Å². The lowest BCUT2D eigenvalue weighted by Crippen LogP contribution is -2.26. The van der Waals surface area contributed by atoms with Gasteiger partial charge < -0.3 is 14.8 Å². The maximum atomic E-state index is 11.2. The molecule has 1 aromatic heterocycles. The third kappa shape index (κ3) is 3.47. The normalized spacial score (nSPS) is 11.9. The summed E-state index contributed by atoms with van der Waals surface area (Å²) in [4.78, 5) is 19.0. The van der Waals surface area contributed by atoms with Crippen molar-refractivity contribution in [1.29, 1.82) is 0 Å². The van der Waals surface area contributed by atoms with Crippen LogP contribution in [0.1, 0.15) is 17.4 Å². The van der Waals surface area contributed by atoms with E-state index in [1.165, 1.54) is 19.5 Å². The maximum Gasteiger partial charge on any atom is 0.358 e. The lowest BCUT2D eigenvalue weighted by molar-refractivity contribution is 0.0591. The molecule has 1 N–H and O–H groups in total. The SMILES string of the molecule is CNCC(C)Oc1cncc(C(=O)OC)n1. The number of nitrogens with zero attached hydrogens (tertiary/aromatic N) is 2. The van der Waals surface area contributed by atoms with Gasteiger partial charge in [0.25, 0.3) is 0 Å². The number of nitrogens with one attached hydrogen (secondary N) is 1. The van der Waals surface area contributed by atoms with Crippen LogP contribution in [0.2, 0.25) is 0 Å². The van der Waals surface area contributed by atoms with Crippen LogP contribution in [0, 0.1) is 0 Å². The fourth-order valence-corrected chi connectivity index (χ4v) is 1.14. The first-order chi connectivity index (χ1) is 7.67. The molecule has 0 spiro atoms. The summed E-state index contributed by atoms with van der Waals surface area (Å²) in [5.41, 5.74) is 0.136. The third-order valence-corrected chi connectivity index (χ3v) is 1.82. The second-order valence-electron chi connectivity index (χ2n) is 3.22. The fourth-order valence-electron chi connectivity index (χ4n) is 1.14. The minimum Gasteiger partial charge on any atom is -0.472 e. The molecule has 6 heteroatoms. The van der Waals surface area contributed by atoms with Crippen molar-refractivity contribution in [3.05, 3.63) is 18.1 Å². The van der Waals surface area contributed by atoms with Crippen LogP contribution in [0.5, 0.6) is 5.88 Å². The van der Waals surface area contributed by atoms with Gasteiger partial charge in [0, 0.05) is 6.54 Å².